The van der Waals surface area contributed by atoms with Gasteiger partial charge in [0.05, 0.1) is 6.54 Å². The summed E-state index contributed by atoms with van der Waals surface area (Å²) in [6.45, 7) is 2.91. The molecule has 0 radical (unpaired) electrons. The first kappa shape index (κ1) is 18.2. The maximum atomic E-state index is 12.0. The molecule has 2 N–H and O–H groups in total. The van der Waals surface area contributed by atoms with Crippen LogP contribution < -0.4 is 10.6 Å². The van der Waals surface area contributed by atoms with Gasteiger partial charge in [0.1, 0.15) is 0 Å². The van der Waals surface area contributed by atoms with Gasteiger partial charge >= 0.3 is 6.03 Å². The zero-order chi connectivity index (χ0) is 18.4. The maximum Gasteiger partial charge on any atom is 0.319 e. The first-order valence-corrected chi connectivity index (χ1v) is 9.31. The smallest absolute Gasteiger partial charge is 0.319 e. The maximum absolute atomic E-state index is 12.0. The van der Waals surface area contributed by atoms with Crippen molar-refractivity contribution in [3.8, 4) is 0 Å². The lowest BCUT2D eigenvalue weighted by Crippen LogP contribution is -2.40. The molecule has 0 bridgehead atoms. The minimum Gasteiger partial charge on any atom is -0.341 e. The van der Waals surface area contributed by atoms with Crippen LogP contribution in [0.2, 0.25) is 0 Å². The zero-order valence-corrected chi connectivity index (χ0v) is 15.0. The summed E-state index contributed by atoms with van der Waals surface area (Å²) >= 11 is 0. The molecular weight excluding hydrogens is 332 g/mol. The predicted octanol–water partition coefficient (Wildman–Crippen LogP) is 1.94. The van der Waals surface area contributed by atoms with Crippen LogP contribution in [0, 0.1) is 0 Å². The van der Waals surface area contributed by atoms with Gasteiger partial charge in [-0.2, -0.15) is 0 Å². The van der Waals surface area contributed by atoms with Crippen LogP contribution in [0.4, 0.5) is 10.5 Å². The Morgan fingerprint density at radius 3 is 2.58 bits per heavy atom. The van der Waals surface area contributed by atoms with Crippen LogP contribution in [0.1, 0.15) is 37.7 Å². The lowest BCUT2D eigenvalue weighted by Gasteiger charge is -2.26. The summed E-state index contributed by atoms with van der Waals surface area (Å²) in [6, 6.07) is 7.06. The van der Waals surface area contributed by atoms with Crippen LogP contribution >= 0.6 is 0 Å². The number of benzene rings is 1. The fourth-order valence-corrected chi connectivity index (χ4v) is 3.41. The molecule has 140 valence electrons. The molecule has 26 heavy (non-hydrogen) atoms. The third-order valence-electron chi connectivity index (χ3n) is 4.84. The van der Waals surface area contributed by atoms with Crippen molar-refractivity contribution in [2.45, 2.75) is 38.6 Å². The number of hydrogen-bond donors (Lipinski definition) is 2. The summed E-state index contributed by atoms with van der Waals surface area (Å²) in [4.78, 5) is 39.5. The first-order valence-electron chi connectivity index (χ1n) is 9.31. The molecule has 0 atom stereocenters. The highest BCUT2D eigenvalue weighted by molar-refractivity contribution is 5.92. The van der Waals surface area contributed by atoms with Gasteiger partial charge in [-0.05, 0) is 43.4 Å². The van der Waals surface area contributed by atoms with Crippen LogP contribution in [0.15, 0.2) is 24.3 Å². The molecule has 2 aliphatic rings. The van der Waals surface area contributed by atoms with Gasteiger partial charge in [-0.25, -0.2) is 4.79 Å². The van der Waals surface area contributed by atoms with Crippen LogP contribution in [0.25, 0.3) is 0 Å². The van der Waals surface area contributed by atoms with Gasteiger partial charge < -0.3 is 20.4 Å². The molecule has 2 aliphatic heterocycles. The Labute approximate surface area is 153 Å². The molecule has 0 unspecified atom stereocenters. The quantitative estimate of drug-likeness (QED) is 0.844. The zero-order valence-electron chi connectivity index (χ0n) is 15.0. The topological polar surface area (TPSA) is 81.8 Å². The van der Waals surface area contributed by atoms with Crippen LogP contribution in [0.5, 0.6) is 0 Å². The van der Waals surface area contributed by atoms with E-state index in [4.69, 9.17) is 0 Å². The van der Waals surface area contributed by atoms with E-state index in [1.165, 1.54) is 0 Å². The molecule has 0 aromatic heterocycles. The van der Waals surface area contributed by atoms with Crippen molar-refractivity contribution in [3.05, 3.63) is 29.8 Å². The number of nitrogens with zero attached hydrogens (tertiary/aromatic N) is 2. The van der Waals surface area contributed by atoms with E-state index in [1.54, 1.807) is 11.0 Å². The van der Waals surface area contributed by atoms with E-state index in [0.29, 0.717) is 18.7 Å². The van der Waals surface area contributed by atoms with Crippen molar-refractivity contribution in [3.63, 3.8) is 0 Å². The van der Waals surface area contributed by atoms with E-state index in [-0.39, 0.29) is 18.4 Å². The van der Waals surface area contributed by atoms with E-state index in [0.717, 1.165) is 50.9 Å². The van der Waals surface area contributed by atoms with Crippen LogP contribution in [0.3, 0.4) is 0 Å². The van der Waals surface area contributed by atoms with Crippen molar-refractivity contribution < 1.29 is 14.4 Å². The molecule has 7 heteroatoms. The lowest BCUT2D eigenvalue weighted by molar-refractivity contribution is -0.134. The van der Waals surface area contributed by atoms with Crippen molar-refractivity contribution in [2.24, 2.45) is 0 Å². The summed E-state index contributed by atoms with van der Waals surface area (Å²) in [7, 11) is 0. The number of piperidine rings is 1. The number of amides is 4. The van der Waals surface area contributed by atoms with E-state index in [1.807, 2.05) is 23.1 Å². The summed E-state index contributed by atoms with van der Waals surface area (Å²) in [6.07, 6.45) is 4.68. The van der Waals surface area contributed by atoms with E-state index in [2.05, 4.69) is 10.6 Å². The molecule has 0 aliphatic carbocycles. The van der Waals surface area contributed by atoms with Gasteiger partial charge in [-0.15, -0.1) is 0 Å². The number of likely N-dealkylation sites (tertiary alicyclic amines) is 2. The third kappa shape index (κ3) is 4.97. The average molecular weight is 358 g/mol. The van der Waals surface area contributed by atoms with Gasteiger partial charge in [0.2, 0.25) is 11.8 Å². The Balaban J connectivity index is 1.48. The number of carbonyl (C=O) groups excluding carboxylic acids is 3. The molecule has 3 rings (SSSR count). The molecule has 7 nitrogen and oxygen atoms in total. The van der Waals surface area contributed by atoms with Gasteiger partial charge in [0, 0.05) is 38.3 Å². The highest BCUT2D eigenvalue weighted by atomic mass is 16.2. The standard InChI is InChI=1S/C19H26N4O3/c24-17-8-1-2-11-23(17)14-15-6-5-7-16(12-15)21-19(26)20-13-18(25)22-9-3-4-10-22/h5-7,12H,1-4,8-11,13-14H2,(H2,20,21,26). The molecule has 2 fully saturated rings. The average Bonchev–Trinajstić information content (AvgIpc) is 3.17. The highest BCUT2D eigenvalue weighted by Gasteiger charge is 2.19. The molecule has 0 saturated carbocycles. The van der Waals surface area contributed by atoms with Crippen molar-refractivity contribution in [1.29, 1.82) is 0 Å². The molecule has 0 spiro atoms. The summed E-state index contributed by atoms with van der Waals surface area (Å²) in [5.41, 5.74) is 1.63. The second kappa shape index (κ2) is 8.69. The second-order valence-corrected chi connectivity index (χ2v) is 6.87. The van der Waals surface area contributed by atoms with Gasteiger partial charge in [0.25, 0.3) is 0 Å². The van der Waals surface area contributed by atoms with Crippen LogP contribution in [-0.4, -0.2) is 53.8 Å². The normalized spacial score (nSPS) is 17.3. The Morgan fingerprint density at radius 2 is 1.81 bits per heavy atom. The van der Waals surface area contributed by atoms with Crippen molar-refractivity contribution in [1.82, 2.24) is 15.1 Å². The number of rotatable bonds is 5. The van der Waals surface area contributed by atoms with Gasteiger partial charge in [-0.1, -0.05) is 12.1 Å². The molecule has 2 saturated heterocycles. The minimum atomic E-state index is -0.399. The van der Waals surface area contributed by atoms with E-state index in [9.17, 15) is 14.4 Å². The summed E-state index contributed by atoms with van der Waals surface area (Å²) < 4.78 is 0. The Hall–Kier alpha value is -2.57. The molecule has 4 amide bonds. The Morgan fingerprint density at radius 1 is 1.04 bits per heavy atom. The Bertz CT molecular complexity index is 671. The SMILES string of the molecule is O=C(NCC(=O)N1CCCC1)Nc1cccc(CN2CCCCC2=O)c1. The van der Waals surface area contributed by atoms with Crippen molar-refractivity contribution in [2.75, 3.05) is 31.5 Å². The number of hydrogen-bond acceptors (Lipinski definition) is 3. The fourth-order valence-electron chi connectivity index (χ4n) is 3.41. The van der Waals surface area contributed by atoms with Crippen molar-refractivity contribution >= 4 is 23.5 Å². The number of nitrogens with one attached hydrogen (secondary N) is 2. The third-order valence-corrected chi connectivity index (χ3v) is 4.84. The summed E-state index contributed by atoms with van der Waals surface area (Å²) in [5.74, 6) is 0.141. The van der Waals surface area contributed by atoms with E-state index < -0.39 is 6.03 Å². The highest BCUT2D eigenvalue weighted by Crippen LogP contribution is 2.17. The van der Waals surface area contributed by atoms with Crippen LogP contribution in [-0.2, 0) is 16.1 Å². The second-order valence-electron chi connectivity index (χ2n) is 6.87. The number of carbonyl (C=O) groups is 3. The number of urea groups is 1. The molecule has 1 aromatic rings. The molecular formula is C19H26N4O3. The molecule has 2 heterocycles. The minimum absolute atomic E-state index is 0.00774. The predicted molar refractivity (Wildman–Crippen MR) is 98.5 cm³/mol. The molecule has 1 aromatic carbocycles. The number of anilines is 1. The Kier molecular flexibility index (Phi) is 6.09. The van der Waals surface area contributed by atoms with Gasteiger partial charge in [-0.3, -0.25) is 9.59 Å². The fraction of sp³-hybridized carbons (Fsp3) is 0.526. The van der Waals surface area contributed by atoms with E-state index >= 15 is 0 Å². The lowest BCUT2D eigenvalue weighted by atomic mass is 10.1. The largest absolute Gasteiger partial charge is 0.341 e. The first-order chi connectivity index (χ1) is 12.6. The monoisotopic (exact) mass is 358 g/mol. The summed E-state index contributed by atoms with van der Waals surface area (Å²) in [5, 5.41) is 5.36. The van der Waals surface area contributed by atoms with Gasteiger partial charge in [0.15, 0.2) is 0 Å².